The zero-order chi connectivity index (χ0) is 15.8. The zero-order valence-corrected chi connectivity index (χ0v) is 13.0. The summed E-state index contributed by atoms with van der Waals surface area (Å²) < 4.78 is 0. The summed E-state index contributed by atoms with van der Waals surface area (Å²) in [7, 11) is 0. The number of aromatic nitrogens is 2. The van der Waals surface area contributed by atoms with Gasteiger partial charge in [-0.1, -0.05) is 44.2 Å². The third-order valence-corrected chi connectivity index (χ3v) is 3.12. The summed E-state index contributed by atoms with van der Waals surface area (Å²) in [6.45, 7) is 5.51. The van der Waals surface area contributed by atoms with Crippen molar-refractivity contribution in [3.05, 3.63) is 53.9 Å². The fourth-order valence-corrected chi connectivity index (χ4v) is 1.90. The number of hydrogen-bond acceptors (Lipinski definition) is 4. The number of rotatable bonds is 7. The lowest BCUT2D eigenvalue weighted by atomic mass is 10.1. The van der Waals surface area contributed by atoms with Gasteiger partial charge in [0.15, 0.2) is 0 Å². The van der Waals surface area contributed by atoms with Gasteiger partial charge in [-0.3, -0.25) is 4.79 Å². The maximum atomic E-state index is 11.8. The van der Waals surface area contributed by atoms with E-state index in [0.29, 0.717) is 24.0 Å². The van der Waals surface area contributed by atoms with Gasteiger partial charge >= 0.3 is 0 Å². The van der Waals surface area contributed by atoms with E-state index in [-0.39, 0.29) is 5.91 Å². The number of amides is 1. The number of carbonyl (C=O) groups excluding carboxylic acids is 1. The molecule has 0 fully saturated rings. The fraction of sp³-hybridized carbons (Fsp3) is 0.353. The molecule has 1 amide bonds. The van der Waals surface area contributed by atoms with Gasteiger partial charge in [0.2, 0.25) is 5.95 Å². The van der Waals surface area contributed by atoms with Crippen molar-refractivity contribution in [3.63, 3.8) is 0 Å². The van der Waals surface area contributed by atoms with E-state index in [9.17, 15) is 4.79 Å². The first-order chi connectivity index (χ1) is 10.6. The van der Waals surface area contributed by atoms with Crippen LogP contribution in [0.1, 0.15) is 29.8 Å². The molecule has 0 saturated heterocycles. The van der Waals surface area contributed by atoms with E-state index in [2.05, 4.69) is 46.6 Å². The highest BCUT2D eigenvalue weighted by Crippen LogP contribution is 2.03. The summed E-state index contributed by atoms with van der Waals surface area (Å²) >= 11 is 0. The predicted octanol–water partition coefficient (Wildman–Crippen LogP) is 2.52. The lowest BCUT2D eigenvalue weighted by Gasteiger charge is -2.08. The zero-order valence-electron chi connectivity index (χ0n) is 13.0. The monoisotopic (exact) mass is 298 g/mol. The Bertz CT molecular complexity index is 581. The Morgan fingerprint density at radius 1 is 1.14 bits per heavy atom. The fourth-order valence-electron chi connectivity index (χ4n) is 1.90. The van der Waals surface area contributed by atoms with Crippen LogP contribution < -0.4 is 10.6 Å². The van der Waals surface area contributed by atoms with Crippen LogP contribution in [0.5, 0.6) is 0 Å². The molecular formula is C17H22N4O. The van der Waals surface area contributed by atoms with Crippen LogP contribution in [0.15, 0.2) is 42.7 Å². The lowest BCUT2D eigenvalue weighted by molar-refractivity contribution is 0.0948. The molecule has 0 radical (unpaired) electrons. The molecule has 0 aliphatic heterocycles. The van der Waals surface area contributed by atoms with Crippen molar-refractivity contribution in [3.8, 4) is 0 Å². The molecule has 0 bridgehead atoms. The van der Waals surface area contributed by atoms with Crippen LogP contribution in [0.4, 0.5) is 5.95 Å². The molecular weight excluding hydrogens is 276 g/mol. The van der Waals surface area contributed by atoms with Crippen molar-refractivity contribution in [1.82, 2.24) is 15.3 Å². The summed E-state index contributed by atoms with van der Waals surface area (Å²) in [4.78, 5) is 20.2. The minimum Gasteiger partial charge on any atom is -0.354 e. The van der Waals surface area contributed by atoms with Crippen LogP contribution in [0.2, 0.25) is 0 Å². The second kappa shape index (κ2) is 8.12. The summed E-state index contributed by atoms with van der Waals surface area (Å²) in [5.74, 6) is 0.824. The van der Waals surface area contributed by atoms with Crippen LogP contribution in [-0.4, -0.2) is 29.0 Å². The van der Waals surface area contributed by atoms with Gasteiger partial charge in [-0.15, -0.1) is 0 Å². The molecule has 5 nitrogen and oxygen atoms in total. The number of hydrogen-bond donors (Lipinski definition) is 2. The highest BCUT2D eigenvalue weighted by Gasteiger charge is 2.07. The molecule has 0 saturated carbocycles. The summed E-state index contributed by atoms with van der Waals surface area (Å²) in [6.07, 6.45) is 4.00. The molecule has 1 aromatic heterocycles. The van der Waals surface area contributed by atoms with E-state index >= 15 is 0 Å². The Morgan fingerprint density at radius 3 is 2.45 bits per heavy atom. The molecule has 2 N–H and O–H groups in total. The SMILES string of the molecule is CC(C)CNC(=O)c1cnc(NCCc2ccccc2)nc1. The maximum Gasteiger partial charge on any atom is 0.254 e. The van der Waals surface area contributed by atoms with Crippen LogP contribution in [0.3, 0.4) is 0 Å². The van der Waals surface area contributed by atoms with Gasteiger partial charge in [0.25, 0.3) is 5.91 Å². The van der Waals surface area contributed by atoms with Crippen LogP contribution in [0, 0.1) is 5.92 Å². The molecule has 1 aromatic carbocycles. The van der Waals surface area contributed by atoms with Crippen molar-refractivity contribution in [2.24, 2.45) is 5.92 Å². The average Bonchev–Trinajstić information content (AvgIpc) is 2.54. The van der Waals surface area contributed by atoms with E-state index in [1.165, 1.54) is 5.56 Å². The van der Waals surface area contributed by atoms with Crippen molar-refractivity contribution >= 4 is 11.9 Å². The third kappa shape index (κ3) is 5.16. The summed E-state index contributed by atoms with van der Waals surface area (Å²) in [5, 5.41) is 6.00. The lowest BCUT2D eigenvalue weighted by Crippen LogP contribution is -2.27. The Balaban J connectivity index is 1.80. The van der Waals surface area contributed by atoms with Crippen molar-refractivity contribution in [1.29, 1.82) is 0 Å². The Labute approximate surface area is 131 Å². The molecule has 116 valence electrons. The molecule has 2 aromatic rings. The number of anilines is 1. The van der Waals surface area contributed by atoms with Gasteiger partial charge in [-0.05, 0) is 17.9 Å². The Hall–Kier alpha value is -2.43. The third-order valence-electron chi connectivity index (χ3n) is 3.12. The van der Waals surface area contributed by atoms with E-state index in [1.807, 2.05) is 18.2 Å². The predicted molar refractivity (Wildman–Crippen MR) is 87.8 cm³/mol. The first-order valence-corrected chi connectivity index (χ1v) is 7.53. The molecule has 5 heteroatoms. The normalized spacial score (nSPS) is 10.5. The molecule has 0 aliphatic rings. The van der Waals surface area contributed by atoms with Gasteiger partial charge in [-0.25, -0.2) is 9.97 Å². The molecule has 0 spiro atoms. The van der Waals surface area contributed by atoms with E-state index in [1.54, 1.807) is 12.4 Å². The van der Waals surface area contributed by atoms with E-state index < -0.39 is 0 Å². The minimum atomic E-state index is -0.135. The second-order valence-electron chi connectivity index (χ2n) is 5.56. The maximum absolute atomic E-state index is 11.8. The number of nitrogens with one attached hydrogen (secondary N) is 2. The summed E-state index contributed by atoms with van der Waals surface area (Å²) in [6, 6.07) is 10.2. The van der Waals surface area contributed by atoms with E-state index in [0.717, 1.165) is 13.0 Å². The van der Waals surface area contributed by atoms with Crippen molar-refractivity contribution < 1.29 is 4.79 Å². The van der Waals surface area contributed by atoms with Gasteiger partial charge in [-0.2, -0.15) is 0 Å². The highest BCUT2D eigenvalue weighted by molar-refractivity contribution is 5.93. The quantitative estimate of drug-likeness (QED) is 0.824. The van der Waals surface area contributed by atoms with Gasteiger partial charge in [0, 0.05) is 25.5 Å². The molecule has 1 heterocycles. The summed E-state index contributed by atoms with van der Waals surface area (Å²) in [5.41, 5.74) is 1.74. The Morgan fingerprint density at radius 2 is 1.82 bits per heavy atom. The largest absolute Gasteiger partial charge is 0.354 e. The first-order valence-electron chi connectivity index (χ1n) is 7.53. The second-order valence-corrected chi connectivity index (χ2v) is 5.56. The standard InChI is InChI=1S/C17H22N4O/c1-13(2)10-19-16(22)15-11-20-17(21-12-15)18-9-8-14-6-4-3-5-7-14/h3-7,11-13H,8-10H2,1-2H3,(H,19,22)(H,18,20,21). The van der Waals surface area contributed by atoms with Crippen LogP contribution >= 0.6 is 0 Å². The topological polar surface area (TPSA) is 66.9 Å². The molecule has 2 rings (SSSR count). The van der Waals surface area contributed by atoms with E-state index in [4.69, 9.17) is 0 Å². The Kier molecular flexibility index (Phi) is 5.89. The molecule has 0 aliphatic carbocycles. The first kappa shape index (κ1) is 15.9. The molecule has 0 unspecified atom stereocenters. The molecule has 22 heavy (non-hydrogen) atoms. The van der Waals surface area contributed by atoms with Crippen LogP contribution in [-0.2, 0) is 6.42 Å². The minimum absolute atomic E-state index is 0.135. The average molecular weight is 298 g/mol. The number of nitrogens with zero attached hydrogens (tertiary/aromatic N) is 2. The van der Waals surface area contributed by atoms with Crippen molar-refractivity contribution in [2.45, 2.75) is 20.3 Å². The molecule has 0 atom stereocenters. The van der Waals surface area contributed by atoms with Gasteiger partial charge in [0.1, 0.15) is 0 Å². The number of carbonyl (C=O) groups is 1. The number of benzene rings is 1. The van der Waals surface area contributed by atoms with Gasteiger partial charge in [0.05, 0.1) is 5.56 Å². The van der Waals surface area contributed by atoms with Crippen molar-refractivity contribution in [2.75, 3.05) is 18.4 Å². The van der Waals surface area contributed by atoms with Gasteiger partial charge < -0.3 is 10.6 Å². The van der Waals surface area contributed by atoms with Crippen LogP contribution in [0.25, 0.3) is 0 Å². The highest BCUT2D eigenvalue weighted by atomic mass is 16.1. The smallest absolute Gasteiger partial charge is 0.254 e.